The second kappa shape index (κ2) is 9.19. The van der Waals surface area contributed by atoms with Crippen molar-refractivity contribution in [3.63, 3.8) is 0 Å². The van der Waals surface area contributed by atoms with Crippen LogP contribution in [0.4, 0.5) is 0 Å². The summed E-state index contributed by atoms with van der Waals surface area (Å²) in [5.41, 5.74) is 0. The van der Waals surface area contributed by atoms with Gasteiger partial charge < -0.3 is 10.2 Å². The molecular formula is C12H22O4. The van der Waals surface area contributed by atoms with Gasteiger partial charge in [-0.25, -0.2) is 0 Å². The smallest absolute Gasteiger partial charge is 0.306 e. The van der Waals surface area contributed by atoms with Gasteiger partial charge in [0.15, 0.2) is 0 Å². The normalized spacial score (nSPS) is 12.3. The predicted octanol–water partition coefficient (Wildman–Crippen LogP) is 2.91. The number of hydrogen-bond donors (Lipinski definition) is 2. The van der Waals surface area contributed by atoms with Gasteiger partial charge in [-0.15, -0.1) is 0 Å². The largest absolute Gasteiger partial charge is 0.481 e. The minimum Gasteiger partial charge on any atom is -0.481 e. The van der Waals surface area contributed by atoms with Crippen molar-refractivity contribution >= 4 is 11.9 Å². The summed E-state index contributed by atoms with van der Waals surface area (Å²) >= 11 is 0. The molecule has 0 aromatic rings. The van der Waals surface area contributed by atoms with Crippen LogP contribution in [0.25, 0.3) is 0 Å². The molecule has 16 heavy (non-hydrogen) atoms. The molecule has 0 spiro atoms. The molecule has 0 amide bonds. The van der Waals surface area contributed by atoms with Crippen molar-refractivity contribution in [3.8, 4) is 0 Å². The Labute approximate surface area is 96.7 Å². The van der Waals surface area contributed by atoms with Gasteiger partial charge in [-0.05, 0) is 19.3 Å². The summed E-state index contributed by atoms with van der Waals surface area (Å²) in [6.45, 7) is 2.05. The van der Waals surface area contributed by atoms with Crippen molar-refractivity contribution in [3.05, 3.63) is 0 Å². The van der Waals surface area contributed by atoms with Crippen LogP contribution in [0.5, 0.6) is 0 Å². The number of aliphatic carboxylic acids is 2. The van der Waals surface area contributed by atoms with Crippen molar-refractivity contribution in [2.75, 3.05) is 0 Å². The highest BCUT2D eigenvalue weighted by molar-refractivity contribution is 5.69. The molecule has 0 radical (unpaired) electrons. The average Bonchev–Trinajstić information content (AvgIpc) is 2.21. The molecule has 0 aromatic carbocycles. The maximum absolute atomic E-state index is 10.9. The maximum Gasteiger partial charge on any atom is 0.306 e. The highest BCUT2D eigenvalue weighted by Gasteiger charge is 2.15. The fourth-order valence-corrected chi connectivity index (χ4v) is 1.69. The Kier molecular flexibility index (Phi) is 8.58. The second-order valence-electron chi connectivity index (χ2n) is 4.17. The summed E-state index contributed by atoms with van der Waals surface area (Å²) in [6, 6.07) is 0. The summed E-state index contributed by atoms with van der Waals surface area (Å²) in [7, 11) is 0. The van der Waals surface area contributed by atoms with Gasteiger partial charge in [-0.1, -0.05) is 32.6 Å². The van der Waals surface area contributed by atoms with Crippen LogP contribution in [0.2, 0.25) is 0 Å². The maximum atomic E-state index is 10.9. The summed E-state index contributed by atoms with van der Waals surface area (Å²) in [4.78, 5) is 21.1. The van der Waals surface area contributed by atoms with E-state index in [2.05, 4.69) is 0 Å². The molecule has 0 rings (SSSR count). The van der Waals surface area contributed by atoms with E-state index >= 15 is 0 Å². The van der Waals surface area contributed by atoms with Gasteiger partial charge in [-0.2, -0.15) is 0 Å². The summed E-state index contributed by atoms with van der Waals surface area (Å²) in [5, 5.41) is 17.4. The Bertz CT molecular complexity index is 213. The van der Waals surface area contributed by atoms with E-state index in [4.69, 9.17) is 10.2 Å². The predicted molar refractivity (Wildman–Crippen MR) is 61.4 cm³/mol. The lowest BCUT2D eigenvalue weighted by molar-refractivity contribution is -0.142. The van der Waals surface area contributed by atoms with Gasteiger partial charge >= 0.3 is 11.9 Å². The third-order valence-electron chi connectivity index (χ3n) is 2.70. The third-order valence-corrected chi connectivity index (χ3v) is 2.70. The lowest BCUT2D eigenvalue weighted by Gasteiger charge is -2.10. The summed E-state index contributed by atoms with van der Waals surface area (Å²) < 4.78 is 0. The van der Waals surface area contributed by atoms with Crippen LogP contribution in [-0.4, -0.2) is 22.2 Å². The van der Waals surface area contributed by atoms with Crippen LogP contribution < -0.4 is 0 Å². The minimum atomic E-state index is -0.777. The number of carboxylic acids is 2. The molecule has 2 N–H and O–H groups in total. The third kappa shape index (κ3) is 8.26. The van der Waals surface area contributed by atoms with Gasteiger partial charge in [-0.3, -0.25) is 9.59 Å². The zero-order valence-corrected chi connectivity index (χ0v) is 9.95. The first-order valence-electron chi connectivity index (χ1n) is 6.02. The Morgan fingerprint density at radius 3 is 2.12 bits per heavy atom. The van der Waals surface area contributed by atoms with E-state index in [1.165, 1.54) is 0 Å². The molecule has 4 nitrogen and oxygen atoms in total. The number of hydrogen-bond acceptors (Lipinski definition) is 2. The molecule has 0 saturated carbocycles. The van der Waals surface area contributed by atoms with Gasteiger partial charge in [0.1, 0.15) is 0 Å². The van der Waals surface area contributed by atoms with E-state index in [0.717, 1.165) is 32.1 Å². The molecule has 4 heteroatoms. The molecule has 0 heterocycles. The van der Waals surface area contributed by atoms with Crippen LogP contribution >= 0.6 is 0 Å². The Balaban J connectivity index is 3.60. The lowest BCUT2D eigenvalue weighted by Crippen LogP contribution is -2.13. The van der Waals surface area contributed by atoms with Gasteiger partial charge in [0.25, 0.3) is 0 Å². The first-order chi connectivity index (χ1) is 7.57. The van der Waals surface area contributed by atoms with Crippen LogP contribution in [0, 0.1) is 5.92 Å². The van der Waals surface area contributed by atoms with E-state index < -0.39 is 11.9 Å². The molecule has 0 bridgehead atoms. The van der Waals surface area contributed by atoms with Gasteiger partial charge in [0.05, 0.1) is 5.92 Å². The Hall–Kier alpha value is -1.06. The van der Waals surface area contributed by atoms with Crippen molar-refractivity contribution in [2.24, 2.45) is 5.92 Å². The molecule has 1 unspecified atom stereocenters. The van der Waals surface area contributed by atoms with Crippen LogP contribution in [-0.2, 0) is 9.59 Å². The van der Waals surface area contributed by atoms with Crippen LogP contribution in [0.3, 0.4) is 0 Å². The van der Waals surface area contributed by atoms with E-state index in [1.807, 2.05) is 6.92 Å². The van der Waals surface area contributed by atoms with Crippen LogP contribution in [0.15, 0.2) is 0 Å². The molecule has 0 aliphatic carbocycles. The molecule has 94 valence electrons. The molecule has 0 aliphatic heterocycles. The fourth-order valence-electron chi connectivity index (χ4n) is 1.69. The standard InChI is InChI=1S/C12H22O4/c1-2-3-7-10(12(15)16)8-5-4-6-9-11(13)14/h10H,2-9H2,1H3,(H,13,14)(H,15,16). The van der Waals surface area contributed by atoms with Gasteiger partial charge in [0.2, 0.25) is 0 Å². The van der Waals surface area contributed by atoms with Crippen molar-refractivity contribution in [1.29, 1.82) is 0 Å². The molecular weight excluding hydrogens is 208 g/mol. The Morgan fingerprint density at radius 2 is 1.62 bits per heavy atom. The van der Waals surface area contributed by atoms with Crippen molar-refractivity contribution in [1.82, 2.24) is 0 Å². The van der Waals surface area contributed by atoms with Crippen molar-refractivity contribution in [2.45, 2.75) is 58.3 Å². The Morgan fingerprint density at radius 1 is 1.00 bits per heavy atom. The first-order valence-corrected chi connectivity index (χ1v) is 6.02. The van der Waals surface area contributed by atoms with E-state index in [0.29, 0.717) is 12.8 Å². The summed E-state index contributed by atoms with van der Waals surface area (Å²) in [6.07, 6.45) is 5.84. The van der Waals surface area contributed by atoms with E-state index in [-0.39, 0.29) is 12.3 Å². The SMILES string of the molecule is CCCCC(CCCCCC(=O)O)C(=O)O. The molecule has 0 aromatic heterocycles. The lowest BCUT2D eigenvalue weighted by atomic mass is 9.95. The first kappa shape index (κ1) is 14.9. The van der Waals surface area contributed by atoms with Crippen LogP contribution in [0.1, 0.15) is 58.3 Å². The van der Waals surface area contributed by atoms with Gasteiger partial charge in [0, 0.05) is 6.42 Å². The second-order valence-corrected chi connectivity index (χ2v) is 4.17. The zero-order chi connectivity index (χ0) is 12.4. The topological polar surface area (TPSA) is 74.6 Å². The molecule has 0 saturated heterocycles. The average molecular weight is 230 g/mol. The number of rotatable bonds is 10. The highest BCUT2D eigenvalue weighted by Crippen LogP contribution is 2.17. The number of unbranched alkanes of at least 4 members (excludes halogenated alkanes) is 3. The van der Waals surface area contributed by atoms with Crippen molar-refractivity contribution < 1.29 is 19.8 Å². The molecule has 0 aliphatic rings. The number of carboxylic acid groups (broad SMARTS) is 2. The summed E-state index contributed by atoms with van der Waals surface area (Å²) in [5.74, 6) is -1.74. The number of carbonyl (C=O) groups is 2. The quantitative estimate of drug-likeness (QED) is 0.566. The van der Waals surface area contributed by atoms with E-state index in [9.17, 15) is 9.59 Å². The fraction of sp³-hybridized carbons (Fsp3) is 0.833. The molecule has 1 atom stereocenters. The van der Waals surface area contributed by atoms with E-state index in [1.54, 1.807) is 0 Å². The highest BCUT2D eigenvalue weighted by atomic mass is 16.4. The zero-order valence-electron chi connectivity index (χ0n) is 9.95. The molecule has 0 fully saturated rings. The monoisotopic (exact) mass is 230 g/mol. The minimum absolute atomic E-state index is 0.187.